The third kappa shape index (κ3) is 3.29. The highest BCUT2D eigenvalue weighted by Gasteiger charge is 2.21. The van der Waals surface area contributed by atoms with E-state index in [0.717, 1.165) is 18.1 Å². The highest BCUT2D eigenvalue weighted by molar-refractivity contribution is 6.18. The third-order valence-corrected chi connectivity index (χ3v) is 3.76. The van der Waals surface area contributed by atoms with E-state index in [9.17, 15) is 0 Å². The predicted octanol–water partition coefficient (Wildman–Crippen LogP) is 3.47. The van der Waals surface area contributed by atoms with Crippen LogP contribution in [0.2, 0.25) is 0 Å². The molecule has 0 saturated heterocycles. The number of aromatic nitrogens is 1. The number of anilines is 1. The molecule has 0 amide bonds. The lowest BCUT2D eigenvalue weighted by atomic mass is 9.94. The summed E-state index contributed by atoms with van der Waals surface area (Å²) < 4.78 is 5.15. The van der Waals surface area contributed by atoms with Crippen LogP contribution in [0.3, 0.4) is 0 Å². The Labute approximate surface area is 114 Å². The largest absolute Gasteiger partial charge is 0.495 e. The Kier molecular flexibility index (Phi) is 5.12. The van der Waals surface area contributed by atoms with Crippen LogP contribution < -0.4 is 9.64 Å². The Balaban J connectivity index is 2.11. The smallest absolute Gasteiger partial charge is 0.137 e. The molecule has 1 aliphatic rings. The van der Waals surface area contributed by atoms with Crippen LogP contribution >= 0.6 is 11.6 Å². The minimum atomic E-state index is 0.596. The molecule has 100 valence electrons. The summed E-state index contributed by atoms with van der Waals surface area (Å²) in [7, 11) is 1.66. The van der Waals surface area contributed by atoms with Gasteiger partial charge in [0.05, 0.1) is 13.3 Å². The zero-order valence-electron chi connectivity index (χ0n) is 10.9. The highest BCUT2D eigenvalue weighted by atomic mass is 35.5. The lowest BCUT2D eigenvalue weighted by Gasteiger charge is -2.34. The van der Waals surface area contributed by atoms with E-state index >= 15 is 0 Å². The van der Waals surface area contributed by atoms with Crippen molar-refractivity contribution in [2.24, 2.45) is 0 Å². The summed E-state index contributed by atoms with van der Waals surface area (Å²) in [6, 6.07) is 4.59. The average Bonchev–Trinajstić information content (AvgIpc) is 2.46. The Morgan fingerprint density at radius 3 is 2.67 bits per heavy atom. The van der Waals surface area contributed by atoms with Crippen molar-refractivity contribution in [1.29, 1.82) is 0 Å². The molecule has 0 aliphatic heterocycles. The summed E-state index contributed by atoms with van der Waals surface area (Å²) in [5, 5.41) is 0. The van der Waals surface area contributed by atoms with Crippen LogP contribution in [0.15, 0.2) is 18.3 Å². The molecule has 0 radical (unpaired) electrons. The zero-order chi connectivity index (χ0) is 12.8. The summed E-state index contributed by atoms with van der Waals surface area (Å²) in [5.74, 6) is 2.46. The van der Waals surface area contributed by atoms with Crippen molar-refractivity contribution in [2.75, 3.05) is 24.4 Å². The fourth-order valence-corrected chi connectivity index (χ4v) is 2.81. The van der Waals surface area contributed by atoms with Crippen LogP contribution in [0, 0.1) is 0 Å². The Hall–Kier alpha value is -0.960. The van der Waals surface area contributed by atoms with Gasteiger partial charge in [-0.2, -0.15) is 0 Å². The maximum absolute atomic E-state index is 5.93. The molecule has 0 bridgehead atoms. The number of methoxy groups -OCH3 is 1. The third-order valence-electron chi connectivity index (χ3n) is 3.59. The standard InChI is InChI=1S/C14H21ClN2O/c1-18-13-7-8-14(16-11-13)17(10-9-15)12-5-3-2-4-6-12/h7-8,11-12H,2-6,9-10H2,1H3. The van der Waals surface area contributed by atoms with E-state index < -0.39 is 0 Å². The number of hydrogen-bond acceptors (Lipinski definition) is 3. The lowest BCUT2D eigenvalue weighted by molar-refractivity contribution is 0.409. The first-order valence-electron chi connectivity index (χ1n) is 6.68. The molecule has 1 aliphatic carbocycles. The van der Waals surface area contributed by atoms with E-state index in [0.29, 0.717) is 11.9 Å². The fourth-order valence-electron chi connectivity index (χ4n) is 2.63. The van der Waals surface area contributed by atoms with E-state index in [1.165, 1.54) is 32.1 Å². The van der Waals surface area contributed by atoms with Gasteiger partial charge in [0.25, 0.3) is 0 Å². The number of pyridine rings is 1. The van der Waals surface area contributed by atoms with Crippen molar-refractivity contribution in [3.63, 3.8) is 0 Å². The molecule has 0 spiro atoms. The van der Waals surface area contributed by atoms with Crippen molar-refractivity contribution in [3.8, 4) is 5.75 Å². The van der Waals surface area contributed by atoms with E-state index in [2.05, 4.69) is 9.88 Å². The quantitative estimate of drug-likeness (QED) is 0.765. The van der Waals surface area contributed by atoms with Gasteiger partial charge in [-0.25, -0.2) is 4.98 Å². The van der Waals surface area contributed by atoms with Crippen molar-refractivity contribution in [3.05, 3.63) is 18.3 Å². The summed E-state index contributed by atoms with van der Waals surface area (Å²) >= 11 is 5.93. The first-order valence-corrected chi connectivity index (χ1v) is 7.21. The molecule has 4 heteroatoms. The second-order valence-corrected chi connectivity index (χ2v) is 5.11. The zero-order valence-corrected chi connectivity index (χ0v) is 11.7. The normalized spacial score (nSPS) is 16.6. The maximum atomic E-state index is 5.93. The van der Waals surface area contributed by atoms with Crippen LogP contribution in [0.4, 0.5) is 5.82 Å². The summed E-state index contributed by atoms with van der Waals surface area (Å²) in [5.41, 5.74) is 0. The molecular formula is C14H21ClN2O. The Morgan fingerprint density at radius 1 is 1.33 bits per heavy atom. The molecule has 0 unspecified atom stereocenters. The Morgan fingerprint density at radius 2 is 2.11 bits per heavy atom. The van der Waals surface area contributed by atoms with E-state index in [1.54, 1.807) is 13.3 Å². The Bertz CT molecular complexity index is 349. The second kappa shape index (κ2) is 6.83. The first kappa shape index (κ1) is 13.5. The first-order chi connectivity index (χ1) is 8.85. The van der Waals surface area contributed by atoms with E-state index in [4.69, 9.17) is 16.3 Å². The van der Waals surface area contributed by atoms with Gasteiger partial charge < -0.3 is 9.64 Å². The average molecular weight is 269 g/mol. The van der Waals surface area contributed by atoms with Crippen LogP contribution in [0.1, 0.15) is 32.1 Å². The molecule has 1 fully saturated rings. The molecule has 1 aromatic rings. The minimum Gasteiger partial charge on any atom is -0.495 e. The topological polar surface area (TPSA) is 25.4 Å². The van der Waals surface area contributed by atoms with Crippen LogP contribution in [0.25, 0.3) is 0 Å². The molecule has 1 aromatic heterocycles. The van der Waals surface area contributed by atoms with Crippen molar-refractivity contribution < 1.29 is 4.74 Å². The van der Waals surface area contributed by atoms with Crippen LogP contribution in [0.5, 0.6) is 5.75 Å². The summed E-state index contributed by atoms with van der Waals surface area (Å²) in [6.07, 6.45) is 8.29. The highest BCUT2D eigenvalue weighted by Crippen LogP contribution is 2.26. The van der Waals surface area contributed by atoms with Crippen molar-refractivity contribution >= 4 is 17.4 Å². The number of nitrogens with zero attached hydrogens (tertiary/aromatic N) is 2. The van der Waals surface area contributed by atoms with Crippen molar-refractivity contribution in [1.82, 2.24) is 4.98 Å². The van der Waals surface area contributed by atoms with E-state index in [-0.39, 0.29) is 0 Å². The molecule has 0 aromatic carbocycles. The fraction of sp³-hybridized carbons (Fsp3) is 0.643. The van der Waals surface area contributed by atoms with Crippen LogP contribution in [-0.2, 0) is 0 Å². The predicted molar refractivity (Wildman–Crippen MR) is 75.7 cm³/mol. The monoisotopic (exact) mass is 268 g/mol. The van der Waals surface area contributed by atoms with Gasteiger partial charge in [0.2, 0.25) is 0 Å². The lowest BCUT2D eigenvalue weighted by Crippen LogP contribution is -2.38. The molecule has 2 rings (SSSR count). The molecule has 3 nitrogen and oxygen atoms in total. The number of alkyl halides is 1. The van der Waals surface area contributed by atoms with Gasteiger partial charge in [-0.05, 0) is 25.0 Å². The number of ether oxygens (including phenoxy) is 1. The number of rotatable bonds is 5. The van der Waals surface area contributed by atoms with Crippen LogP contribution in [-0.4, -0.2) is 30.6 Å². The van der Waals surface area contributed by atoms with Gasteiger partial charge in [-0.3, -0.25) is 0 Å². The van der Waals surface area contributed by atoms with Gasteiger partial charge in [0, 0.05) is 18.5 Å². The van der Waals surface area contributed by atoms with E-state index in [1.807, 2.05) is 12.1 Å². The molecule has 1 saturated carbocycles. The maximum Gasteiger partial charge on any atom is 0.137 e. The van der Waals surface area contributed by atoms with Gasteiger partial charge in [0.15, 0.2) is 0 Å². The molecule has 18 heavy (non-hydrogen) atoms. The van der Waals surface area contributed by atoms with Crippen molar-refractivity contribution in [2.45, 2.75) is 38.1 Å². The minimum absolute atomic E-state index is 0.596. The molecule has 0 atom stereocenters. The SMILES string of the molecule is COc1ccc(N(CCCl)C2CCCCC2)nc1. The summed E-state index contributed by atoms with van der Waals surface area (Å²) in [6.45, 7) is 0.867. The van der Waals surface area contributed by atoms with Gasteiger partial charge in [0.1, 0.15) is 11.6 Å². The van der Waals surface area contributed by atoms with Gasteiger partial charge in [-0.15, -0.1) is 11.6 Å². The van der Waals surface area contributed by atoms with Gasteiger partial charge in [-0.1, -0.05) is 19.3 Å². The number of hydrogen-bond donors (Lipinski definition) is 0. The number of halogens is 1. The molecule has 0 N–H and O–H groups in total. The second-order valence-electron chi connectivity index (χ2n) is 4.73. The molecular weight excluding hydrogens is 248 g/mol. The van der Waals surface area contributed by atoms with Gasteiger partial charge >= 0.3 is 0 Å². The molecule has 1 heterocycles. The summed E-state index contributed by atoms with van der Waals surface area (Å²) in [4.78, 5) is 6.84.